The van der Waals surface area contributed by atoms with Crippen LogP contribution in [0.1, 0.15) is 98.3 Å². The van der Waals surface area contributed by atoms with Gasteiger partial charge >= 0.3 is 11.9 Å². The van der Waals surface area contributed by atoms with Crippen molar-refractivity contribution in [3.63, 3.8) is 0 Å². The Bertz CT molecular complexity index is 467. The van der Waals surface area contributed by atoms with Crippen molar-refractivity contribution >= 4 is 17.8 Å². The van der Waals surface area contributed by atoms with Crippen LogP contribution in [0.2, 0.25) is 0 Å². The summed E-state index contributed by atoms with van der Waals surface area (Å²) in [6, 6.07) is -1.01. The second-order valence-electron chi connectivity index (χ2n) is 7.56. The van der Waals surface area contributed by atoms with Gasteiger partial charge in [-0.2, -0.15) is 0 Å². The average molecular weight is 385 g/mol. The predicted molar refractivity (Wildman–Crippen MR) is 108 cm³/mol. The highest BCUT2D eigenvalue weighted by Crippen LogP contribution is 2.43. The third kappa shape index (κ3) is 8.41. The molecule has 1 amide bonds. The summed E-state index contributed by atoms with van der Waals surface area (Å²) in [5.74, 6) is -1.55. The van der Waals surface area contributed by atoms with Gasteiger partial charge in [-0.05, 0) is 38.0 Å². The minimum absolute atomic E-state index is 0.00578. The van der Waals surface area contributed by atoms with Gasteiger partial charge in [0.15, 0.2) is 0 Å². The van der Waals surface area contributed by atoms with Crippen LogP contribution in [0.5, 0.6) is 0 Å². The summed E-state index contributed by atoms with van der Waals surface area (Å²) in [4.78, 5) is 36.3. The molecule has 0 aliphatic rings. The van der Waals surface area contributed by atoms with Crippen molar-refractivity contribution < 1.29 is 19.1 Å². The number of primary amides is 1. The minimum Gasteiger partial charge on any atom is -0.392 e. The van der Waals surface area contributed by atoms with Crippen LogP contribution in [0.3, 0.4) is 0 Å². The number of nitrogens with two attached hydrogens (primary N) is 2. The van der Waals surface area contributed by atoms with Crippen molar-refractivity contribution in [3.8, 4) is 0 Å². The molecule has 0 spiro atoms. The average Bonchev–Trinajstić information content (AvgIpc) is 2.64. The first-order valence-corrected chi connectivity index (χ1v) is 10.6. The van der Waals surface area contributed by atoms with E-state index < -0.39 is 29.3 Å². The number of hydrogen-bond acceptors (Lipinski definition) is 5. The molecule has 0 rings (SSSR count). The molecule has 6 heteroatoms. The summed E-state index contributed by atoms with van der Waals surface area (Å²) in [7, 11) is 0. The van der Waals surface area contributed by atoms with Crippen molar-refractivity contribution in [1.29, 1.82) is 0 Å². The van der Waals surface area contributed by atoms with E-state index in [9.17, 15) is 14.4 Å². The fourth-order valence-corrected chi connectivity index (χ4v) is 3.76. The van der Waals surface area contributed by atoms with Crippen molar-refractivity contribution in [2.24, 2.45) is 22.8 Å². The highest BCUT2D eigenvalue weighted by Gasteiger charge is 2.45. The normalized spacial score (nSPS) is 15.6. The Kier molecular flexibility index (Phi) is 13.0. The zero-order valence-corrected chi connectivity index (χ0v) is 17.7. The Balaban J connectivity index is 5.41. The van der Waals surface area contributed by atoms with Crippen molar-refractivity contribution in [2.45, 2.75) is 104 Å². The van der Waals surface area contributed by atoms with Gasteiger partial charge in [-0.15, -0.1) is 0 Å². The van der Waals surface area contributed by atoms with Gasteiger partial charge in [-0.3, -0.25) is 9.59 Å². The molecule has 0 fully saturated rings. The number of rotatable bonds is 15. The molecule has 0 aromatic carbocycles. The van der Waals surface area contributed by atoms with Crippen LogP contribution in [0.25, 0.3) is 0 Å². The number of unbranched alkanes of at least 4 members (excludes halogenated alkanes) is 2. The Hall–Kier alpha value is -1.43. The van der Waals surface area contributed by atoms with Gasteiger partial charge in [-0.25, -0.2) is 4.79 Å². The van der Waals surface area contributed by atoms with Crippen LogP contribution in [0.4, 0.5) is 0 Å². The fourth-order valence-electron chi connectivity index (χ4n) is 3.76. The van der Waals surface area contributed by atoms with E-state index in [0.29, 0.717) is 6.42 Å². The Morgan fingerprint density at radius 2 is 1.56 bits per heavy atom. The quantitative estimate of drug-likeness (QED) is 0.329. The van der Waals surface area contributed by atoms with Crippen molar-refractivity contribution in [2.75, 3.05) is 0 Å². The van der Waals surface area contributed by atoms with Crippen LogP contribution in [-0.2, 0) is 19.1 Å². The first-order chi connectivity index (χ1) is 12.8. The van der Waals surface area contributed by atoms with E-state index in [1.165, 1.54) is 0 Å². The summed E-state index contributed by atoms with van der Waals surface area (Å²) in [5, 5.41) is 0. The number of carbonyl (C=O) groups is 3. The summed E-state index contributed by atoms with van der Waals surface area (Å²) < 4.78 is 5.25. The maximum absolute atomic E-state index is 13.1. The summed E-state index contributed by atoms with van der Waals surface area (Å²) in [5.41, 5.74) is 10.2. The standard InChI is InChI=1S/C21H40N2O4/c1-5-9-12-16(11-7-3)21(8-4,15-10-6-2)20(26)27-19(25)17(22)13-14-18(23)24/h16-17H,5-15,22H2,1-4H3,(H2,23,24)/t16?,17-,21?/m1/s1. The van der Waals surface area contributed by atoms with E-state index in [1.807, 2.05) is 6.92 Å². The van der Waals surface area contributed by atoms with Crippen LogP contribution < -0.4 is 11.5 Å². The van der Waals surface area contributed by atoms with Crippen LogP contribution in [-0.4, -0.2) is 23.9 Å². The smallest absolute Gasteiger partial charge is 0.330 e. The van der Waals surface area contributed by atoms with Crippen molar-refractivity contribution in [1.82, 2.24) is 0 Å². The predicted octanol–water partition coefficient (Wildman–Crippen LogP) is 3.84. The Labute approximate surface area is 164 Å². The Morgan fingerprint density at radius 1 is 0.926 bits per heavy atom. The molecule has 4 N–H and O–H groups in total. The lowest BCUT2D eigenvalue weighted by Gasteiger charge is -2.38. The maximum Gasteiger partial charge on any atom is 0.330 e. The number of esters is 2. The van der Waals surface area contributed by atoms with Crippen LogP contribution in [0, 0.1) is 11.3 Å². The Morgan fingerprint density at radius 3 is 2.04 bits per heavy atom. The number of carbonyl (C=O) groups excluding carboxylic acids is 3. The maximum atomic E-state index is 13.1. The summed E-state index contributed by atoms with van der Waals surface area (Å²) in [6.07, 6.45) is 8.34. The topological polar surface area (TPSA) is 112 Å². The third-order valence-corrected chi connectivity index (χ3v) is 5.54. The zero-order chi connectivity index (χ0) is 20.9. The molecule has 0 bridgehead atoms. The number of ether oxygens (including phenoxy) is 1. The van der Waals surface area contributed by atoms with Gasteiger partial charge in [0.25, 0.3) is 0 Å². The lowest BCUT2D eigenvalue weighted by atomic mass is 9.66. The molecule has 6 nitrogen and oxygen atoms in total. The van der Waals surface area contributed by atoms with Gasteiger partial charge in [0.05, 0.1) is 5.41 Å². The second-order valence-corrected chi connectivity index (χ2v) is 7.56. The minimum atomic E-state index is -1.01. The molecule has 0 saturated heterocycles. The largest absolute Gasteiger partial charge is 0.392 e. The molecule has 0 aromatic heterocycles. The van der Waals surface area contributed by atoms with E-state index in [4.69, 9.17) is 16.2 Å². The summed E-state index contributed by atoms with van der Waals surface area (Å²) >= 11 is 0. The van der Waals surface area contributed by atoms with Crippen LogP contribution >= 0.6 is 0 Å². The van der Waals surface area contributed by atoms with E-state index in [-0.39, 0.29) is 18.8 Å². The molecule has 2 unspecified atom stereocenters. The first-order valence-electron chi connectivity index (χ1n) is 10.6. The SMILES string of the molecule is CCCCC(CCC)C(CC)(CCCC)C(=O)OC(=O)[C@H](N)CCC(N)=O. The molecule has 0 radical (unpaired) electrons. The monoisotopic (exact) mass is 384 g/mol. The third-order valence-electron chi connectivity index (χ3n) is 5.54. The molecule has 0 aliphatic heterocycles. The number of amides is 1. The molecule has 0 aliphatic carbocycles. The van der Waals surface area contributed by atoms with Gasteiger partial charge in [0.1, 0.15) is 6.04 Å². The van der Waals surface area contributed by atoms with E-state index in [1.54, 1.807) is 0 Å². The fraction of sp³-hybridized carbons (Fsp3) is 0.857. The van der Waals surface area contributed by atoms with Crippen molar-refractivity contribution in [3.05, 3.63) is 0 Å². The first kappa shape index (κ1) is 25.6. The van der Waals surface area contributed by atoms with Gasteiger partial charge in [0.2, 0.25) is 5.91 Å². The number of hydrogen-bond donors (Lipinski definition) is 2. The molecule has 0 saturated carbocycles. The van der Waals surface area contributed by atoms with E-state index in [0.717, 1.165) is 51.4 Å². The summed E-state index contributed by atoms with van der Waals surface area (Å²) in [6.45, 7) is 8.36. The lowest BCUT2D eigenvalue weighted by molar-refractivity contribution is -0.172. The van der Waals surface area contributed by atoms with Gasteiger partial charge in [0, 0.05) is 6.42 Å². The molecule has 0 aromatic rings. The van der Waals surface area contributed by atoms with Gasteiger partial charge < -0.3 is 16.2 Å². The molecule has 3 atom stereocenters. The van der Waals surface area contributed by atoms with E-state index >= 15 is 0 Å². The van der Waals surface area contributed by atoms with E-state index in [2.05, 4.69) is 20.8 Å². The second kappa shape index (κ2) is 13.7. The molecule has 158 valence electrons. The molecular weight excluding hydrogens is 344 g/mol. The molecule has 27 heavy (non-hydrogen) atoms. The van der Waals surface area contributed by atoms with Gasteiger partial charge in [-0.1, -0.05) is 59.8 Å². The highest BCUT2D eigenvalue weighted by molar-refractivity contribution is 5.91. The zero-order valence-electron chi connectivity index (χ0n) is 17.7. The van der Waals surface area contributed by atoms with Crippen LogP contribution in [0.15, 0.2) is 0 Å². The molecular formula is C21H40N2O4. The lowest BCUT2D eigenvalue weighted by Crippen LogP contribution is -2.44. The molecule has 0 heterocycles. The highest BCUT2D eigenvalue weighted by atomic mass is 16.6.